The van der Waals surface area contributed by atoms with Crippen LogP contribution in [0.3, 0.4) is 0 Å². The highest BCUT2D eigenvalue weighted by atomic mass is 14.7. The summed E-state index contributed by atoms with van der Waals surface area (Å²) in [6.45, 7) is 2.14. The van der Waals surface area contributed by atoms with Gasteiger partial charge in [-0.15, -0.1) is 0 Å². The Labute approximate surface area is 38.5 Å². The van der Waals surface area contributed by atoms with Crippen LogP contribution in [0.1, 0.15) is 19.8 Å². The molecule has 1 aliphatic rings. The lowest BCUT2D eigenvalue weighted by atomic mass is 9.82. The van der Waals surface area contributed by atoms with Crippen LogP contribution in [-0.4, -0.2) is 6.04 Å². The SMILES string of the molecule is CC1CCC1[NH]. The molecule has 1 saturated carbocycles. The fraction of sp³-hybridized carbons (Fsp3) is 1.00. The predicted molar refractivity (Wildman–Crippen MR) is 25.3 cm³/mol. The lowest BCUT2D eigenvalue weighted by Gasteiger charge is -2.28. The molecular weight excluding hydrogens is 74.1 g/mol. The molecule has 1 fully saturated rings. The van der Waals surface area contributed by atoms with Gasteiger partial charge in [0.25, 0.3) is 0 Å². The molecule has 2 unspecified atom stereocenters. The van der Waals surface area contributed by atoms with Crippen LogP contribution in [0.15, 0.2) is 0 Å². The fourth-order valence-electron chi connectivity index (χ4n) is 0.667. The minimum absolute atomic E-state index is 0.282. The van der Waals surface area contributed by atoms with Gasteiger partial charge >= 0.3 is 0 Å². The van der Waals surface area contributed by atoms with Crippen molar-refractivity contribution >= 4 is 0 Å². The van der Waals surface area contributed by atoms with Crippen molar-refractivity contribution in [2.24, 2.45) is 5.92 Å². The second kappa shape index (κ2) is 1.23. The first-order valence-electron chi connectivity index (χ1n) is 2.52. The largest absolute Gasteiger partial charge is 0.254 e. The lowest BCUT2D eigenvalue weighted by Crippen LogP contribution is -2.29. The van der Waals surface area contributed by atoms with Crippen LogP contribution in [-0.2, 0) is 0 Å². The van der Waals surface area contributed by atoms with E-state index in [1.807, 2.05) is 0 Å². The Bertz CT molecular complexity index is 43.9. The van der Waals surface area contributed by atoms with Crippen LogP contribution in [0.25, 0.3) is 0 Å². The molecule has 1 aliphatic carbocycles. The summed E-state index contributed by atoms with van der Waals surface area (Å²) in [5.41, 5.74) is 7.12. The monoisotopic (exact) mass is 84.1 g/mol. The zero-order chi connectivity index (χ0) is 4.57. The molecule has 6 heavy (non-hydrogen) atoms. The molecule has 0 amide bonds. The van der Waals surface area contributed by atoms with Gasteiger partial charge in [-0.3, -0.25) is 5.73 Å². The maximum Gasteiger partial charge on any atom is 0.0238 e. The van der Waals surface area contributed by atoms with Crippen LogP contribution in [0.4, 0.5) is 0 Å². The van der Waals surface area contributed by atoms with Crippen molar-refractivity contribution in [1.82, 2.24) is 5.73 Å². The Kier molecular flexibility index (Phi) is 0.845. The molecule has 0 bridgehead atoms. The molecule has 0 aromatic carbocycles. The van der Waals surface area contributed by atoms with Crippen LogP contribution in [0, 0.1) is 5.92 Å². The van der Waals surface area contributed by atoms with Crippen LogP contribution in [0.5, 0.6) is 0 Å². The van der Waals surface area contributed by atoms with E-state index in [4.69, 9.17) is 5.73 Å². The molecular formula is C5H10N. The van der Waals surface area contributed by atoms with Gasteiger partial charge in [0.1, 0.15) is 0 Å². The van der Waals surface area contributed by atoms with Gasteiger partial charge in [0.15, 0.2) is 0 Å². The van der Waals surface area contributed by atoms with E-state index in [0.29, 0.717) is 5.92 Å². The molecule has 0 aromatic rings. The first-order valence-corrected chi connectivity index (χ1v) is 2.52. The summed E-state index contributed by atoms with van der Waals surface area (Å²) in [7, 11) is 0. The molecule has 1 rings (SSSR count). The fourth-order valence-corrected chi connectivity index (χ4v) is 0.667. The van der Waals surface area contributed by atoms with Gasteiger partial charge in [-0.1, -0.05) is 6.92 Å². The van der Waals surface area contributed by atoms with Crippen molar-refractivity contribution in [2.75, 3.05) is 0 Å². The van der Waals surface area contributed by atoms with E-state index in [9.17, 15) is 0 Å². The number of hydrogen-bond acceptors (Lipinski definition) is 0. The van der Waals surface area contributed by atoms with E-state index in [0.717, 1.165) is 6.42 Å². The Balaban J connectivity index is 2.20. The third kappa shape index (κ3) is 0.432. The highest BCUT2D eigenvalue weighted by Gasteiger charge is 2.22. The van der Waals surface area contributed by atoms with E-state index in [2.05, 4.69) is 6.92 Å². The summed E-state index contributed by atoms with van der Waals surface area (Å²) >= 11 is 0. The van der Waals surface area contributed by atoms with E-state index in [1.54, 1.807) is 0 Å². The maximum absolute atomic E-state index is 7.12. The summed E-state index contributed by atoms with van der Waals surface area (Å²) in [4.78, 5) is 0. The van der Waals surface area contributed by atoms with Crippen molar-refractivity contribution in [1.29, 1.82) is 0 Å². The molecule has 0 spiro atoms. The molecule has 35 valence electrons. The molecule has 0 heterocycles. The second-order valence-corrected chi connectivity index (χ2v) is 2.16. The van der Waals surface area contributed by atoms with Gasteiger partial charge in [-0.25, -0.2) is 0 Å². The van der Waals surface area contributed by atoms with Crippen molar-refractivity contribution in [2.45, 2.75) is 25.8 Å². The van der Waals surface area contributed by atoms with E-state index in [1.165, 1.54) is 6.42 Å². The standard InChI is InChI=1S/C5H10N/c1-4-2-3-5(4)6/h4-6H,2-3H2,1H3. The lowest BCUT2D eigenvalue weighted by molar-refractivity contribution is 0.274. The number of hydrogen-bond donors (Lipinski definition) is 0. The number of nitrogens with one attached hydrogen (secondary N) is 1. The molecule has 2 atom stereocenters. The first-order chi connectivity index (χ1) is 2.80. The Morgan fingerprint density at radius 1 is 1.50 bits per heavy atom. The Morgan fingerprint density at radius 2 is 2.00 bits per heavy atom. The second-order valence-electron chi connectivity index (χ2n) is 2.16. The third-order valence-corrected chi connectivity index (χ3v) is 1.62. The summed E-state index contributed by atoms with van der Waals surface area (Å²) in [5.74, 6) is 0.699. The van der Waals surface area contributed by atoms with E-state index >= 15 is 0 Å². The van der Waals surface area contributed by atoms with Crippen molar-refractivity contribution in [3.63, 3.8) is 0 Å². The van der Waals surface area contributed by atoms with Crippen LogP contribution >= 0.6 is 0 Å². The zero-order valence-electron chi connectivity index (χ0n) is 4.07. The Morgan fingerprint density at radius 3 is 2.00 bits per heavy atom. The van der Waals surface area contributed by atoms with Gasteiger partial charge in [0, 0.05) is 6.04 Å². The highest BCUT2D eigenvalue weighted by molar-refractivity contribution is 4.78. The Hall–Kier alpha value is -0.0400. The van der Waals surface area contributed by atoms with E-state index in [-0.39, 0.29) is 6.04 Å². The third-order valence-electron chi connectivity index (χ3n) is 1.62. The average Bonchev–Trinajstić information content (AvgIpc) is 1.61. The van der Waals surface area contributed by atoms with E-state index < -0.39 is 0 Å². The summed E-state index contributed by atoms with van der Waals surface area (Å²) < 4.78 is 0. The van der Waals surface area contributed by atoms with Crippen LogP contribution < -0.4 is 5.73 Å². The molecule has 1 nitrogen and oxygen atoms in total. The van der Waals surface area contributed by atoms with Gasteiger partial charge in [-0.05, 0) is 18.8 Å². The van der Waals surface area contributed by atoms with Crippen LogP contribution in [0.2, 0.25) is 0 Å². The van der Waals surface area contributed by atoms with Gasteiger partial charge in [0.05, 0.1) is 0 Å². The van der Waals surface area contributed by atoms with Gasteiger partial charge in [-0.2, -0.15) is 0 Å². The average molecular weight is 84.1 g/mol. The molecule has 0 aromatic heterocycles. The predicted octanol–water partition coefficient (Wildman–Crippen LogP) is 1.07. The van der Waals surface area contributed by atoms with Crippen molar-refractivity contribution in [3.05, 3.63) is 0 Å². The summed E-state index contributed by atoms with van der Waals surface area (Å²) in [5, 5.41) is 0. The molecule has 1 N–H and O–H groups in total. The van der Waals surface area contributed by atoms with Crippen molar-refractivity contribution in [3.8, 4) is 0 Å². The highest BCUT2D eigenvalue weighted by Crippen LogP contribution is 2.24. The molecule has 0 aliphatic heterocycles. The molecule has 1 heteroatoms. The molecule has 0 saturated heterocycles. The topological polar surface area (TPSA) is 23.8 Å². The van der Waals surface area contributed by atoms with Gasteiger partial charge < -0.3 is 0 Å². The number of rotatable bonds is 0. The van der Waals surface area contributed by atoms with Crippen molar-refractivity contribution < 1.29 is 0 Å². The zero-order valence-corrected chi connectivity index (χ0v) is 4.07. The normalized spacial score (nSPS) is 45.0. The summed E-state index contributed by atoms with van der Waals surface area (Å²) in [6.07, 6.45) is 2.43. The molecule has 1 radical (unpaired) electrons. The smallest absolute Gasteiger partial charge is 0.0238 e. The summed E-state index contributed by atoms with van der Waals surface area (Å²) in [6, 6.07) is 0.282. The minimum Gasteiger partial charge on any atom is -0.254 e. The first kappa shape index (κ1) is 4.13. The van der Waals surface area contributed by atoms with Gasteiger partial charge in [0.2, 0.25) is 0 Å². The quantitative estimate of drug-likeness (QED) is 0.419. The maximum atomic E-state index is 7.12. The minimum atomic E-state index is 0.282.